The Labute approximate surface area is 86.2 Å². The van der Waals surface area contributed by atoms with Crippen LogP contribution >= 0.6 is 0 Å². The van der Waals surface area contributed by atoms with Crippen molar-refractivity contribution in [1.29, 1.82) is 0 Å². The maximum Gasteiger partial charge on any atom is 0.0912 e. The molecule has 1 fully saturated rings. The molecule has 0 radical (unpaired) electrons. The highest BCUT2D eigenvalue weighted by Crippen LogP contribution is 2.06. The lowest BCUT2D eigenvalue weighted by Crippen LogP contribution is -2.19. The number of hydrogen-bond acceptors (Lipinski definition) is 3. The molecule has 78 valence electrons. The zero-order valence-electron chi connectivity index (χ0n) is 8.95. The molecular weight excluding hydrogens is 174 g/mol. The molecule has 1 aliphatic heterocycles. The molecule has 0 unspecified atom stereocenters. The zero-order chi connectivity index (χ0) is 10.2. The van der Waals surface area contributed by atoms with Crippen molar-refractivity contribution in [2.45, 2.75) is 26.2 Å². The van der Waals surface area contributed by atoms with E-state index in [4.69, 9.17) is 0 Å². The molecule has 3 nitrogen and oxygen atoms in total. The number of likely N-dealkylation sites (tertiary alicyclic amines) is 1. The standard InChI is InChI=1S/C11H19N3/c1-3-11(6-7-12-2)13-10-14-8-4-5-9-14/h6-7H,2-5,8-10H2,1H3/b7-6-,13-11-. The molecule has 1 saturated heterocycles. The minimum atomic E-state index is 0.838. The van der Waals surface area contributed by atoms with E-state index in [-0.39, 0.29) is 0 Å². The van der Waals surface area contributed by atoms with Gasteiger partial charge in [0.1, 0.15) is 0 Å². The van der Waals surface area contributed by atoms with E-state index in [1.165, 1.54) is 25.9 Å². The second kappa shape index (κ2) is 6.49. The van der Waals surface area contributed by atoms with Crippen LogP contribution in [-0.4, -0.2) is 37.1 Å². The van der Waals surface area contributed by atoms with Gasteiger partial charge in [-0.2, -0.15) is 0 Å². The van der Waals surface area contributed by atoms with E-state index < -0.39 is 0 Å². The normalized spacial score (nSPS) is 19.4. The summed E-state index contributed by atoms with van der Waals surface area (Å²) in [5.41, 5.74) is 1.10. The van der Waals surface area contributed by atoms with Gasteiger partial charge in [0, 0.05) is 11.9 Å². The quantitative estimate of drug-likeness (QED) is 0.614. The van der Waals surface area contributed by atoms with Crippen LogP contribution in [0.25, 0.3) is 0 Å². The van der Waals surface area contributed by atoms with E-state index in [2.05, 4.69) is 28.5 Å². The molecule has 0 amide bonds. The second-order valence-electron chi connectivity index (χ2n) is 3.47. The van der Waals surface area contributed by atoms with Crippen LogP contribution in [-0.2, 0) is 0 Å². The first-order valence-corrected chi connectivity index (χ1v) is 5.25. The van der Waals surface area contributed by atoms with Gasteiger partial charge in [-0.3, -0.25) is 14.9 Å². The Kier molecular flexibility index (Phi) is 5.15. The highest BCUT2D eigenvalue weighted by atomic mass is 15.2. The van der Waals surface area contributed by atoms with Gasteiger partial charge >= 0.3 is 0 Å². The summed E-state index contributed by atoms with van der Waals surface area (Å²) in [5.74, 6) is 0. The third kappa shape index (κ3) is 3.83. The topological polar surface area (TPSA) is 28.0 Å². The Morgan fingerprint density at radius 3 is 2.71 bits per heavy atom. The average molecular weight is 193 g/mol. The Bertz CT molecular complexity index is 225. The summed E-state index contributed by atoms with van der Waals surface area (Å²) in [5, 5.41) is 0. The van der Waals surface area contributed by atoms with E-state index >= 15 is 0 Å². The summed E-state index contributed by atoms with van der Waals surface area (Å²) in [6.45, 7) is 8.74. The van der Waals surface area contributed by atoms with Gasteiger partial charge in [0.05, 0.1) is 6.67 Å². The fourth-order valence-corrected chi connectivity index (χ4v) is 1.54. The summed E-state index contributed by atoms with van der Waals surface area (Å²) in [6.07, 6.45) is 7.23. The summed E-state index contributed by atoms with van der Waals surface area (Å²) < 4.78 is 0. The first-order chi connectivity index (χ1) is 6.86. The fourth-order valence-electron chi connectivity index (χ4n) is 1.54. The van der Waals surface area contributed by atoms with Crippen molar-refractivity contribution in [2.24, 2.45) is 9.98 Å². The van der Waals surface area contributed by atoms with Gasteiger partial charge in [-0.25, -0.2) is 0 Å². The van der Waals surface area contributed by atoms with Crippen LogP contribution in [0.5, 0.6) is 0 Å². The highest BCUT2D eigenvalue weighted by molar-refractivity contribution is 5.94. The molecule has 1 rings (SSSR count). The summed E-state index contributed by atoms with van der Waals surface area (Å²) in [6, 6.07) is 0. The molecule has 0 aromatic carbocycles. The predicted molar refractivity (Wildman–Crippen MR) is 62.1 cm³/mol. The lowest BCUT2D eigenvalue weighted by molar-refractivity contribution is 0.351. The van der Waals surface area contributed by atoms with E-state index in [1.807, 2.05) is 6.08 Å². The number of nitrogens with zero attached hydrogens (tertiary/aromatic N) is 3. The van der Waals surface area contributed by atoms with Crippen LogP contribution in [0, 0.1) is 0 Å². The third-order valence-electron chi connectivity index (χ3n) is 2.41. The number of allylic oxidation sites excluding steroid dienone is 1. The van der Waals surface area contributed by atoms with E-state index in [0.717, 1.165) is 18.8 Å². The van der Waals surface area contributed by atoms with Crippen molar-refractivity contribution in [2.75, 3.05) is 19.8 Å². The number of aliphatic imine (C=N–C) groups is 2. The highest BCUT2D eigenvalue weighted by Gasteiger charge is 2.09. The number of hydrogen-bond donors (Lipinski definition) is 0. The van der Waals surface area contributed by atoms with E-state index in [0.29, 0.717) is 0 Å². The first kappa shape index (κ1) is 11.1. The molecule has 1 aliphatic rings. The molecule has 14 heavy (non-hydrogen) atoms. The van der Waals surface area contributed by atoms with Gasteiger partial charge in [-0.05, 0) is 45.1 Å². The molecule has 0 aromatic rings. The third-order valence-corrected chi connectivity index (χ3v) is 2.41. The van der Waals surface area contributed by atoms with Crippen molar-refractivity contribution >= 4 is 12.4 Å². The van der Waals surface area contributed by atoms with Crippen LogP contribution < -0.4 is 0 Å². The summed E-state index contributed by atoms with van der Waals surface area (Å²) >= 11 is 0. The monoisotopic (exact) mass is 193 g/mol. The Balaban J connectivity index is 2.38. The molecule has 0 saturated carbocycles. The van der Waals surface area contributed by atoms with Crippen LogP contribution in [0.2, 0.25) is 0 Å². The maximum absolute atomic E-state index is 4.53. The van der Waals surface area contributed by atoms with Crippen LogP contribution in [0.15, 0.2) is 22.3 Å². The molecule has 0 aromatic heterocycles. The molecule has 0 N–H and O–H groups in total. The summed E-state index contributed by atoms with van der Waals surface area (Å²) in [4.78, 5) is 10.6. The Hall–Kier alpha value is -0.960. The average Bonchev–Trinajstić information content (AvgIpc) is 2.71. The van der Waals surface area contributed by atoms with Crippen LogP contribution in [0.1, 0.15) is 26.2 Å². The van der Waals surface area contributed by atoms with Gasteiger partial charge in [0.25, 0.3) is 0 Å². The van der Waals surface area contributed by atoms with Crippen molar-refractivity contribution < 1.29 is 0 Å². The van der Waals surface area contributed by atoms with E-state index in [9.17, 15) is 0 Å². The first-order valence-electron chi connectivity index (χ1n) is 5.25. The van der Waals surface area contributed by atoms with Gasteiger partial charge in [-0.15, -0.1) is 0 Å². The molecule has 0 bridgehead atoms. The van der Waals surface area contributed by atoms with Crippen molar-refractivity contribution in [3.8, 4) is 0 Å². The fraction of sp³-hybridized carbons (Fsp3) is 0.636. The number of rotatable bonds is 5. The Morgan fingerprint density at radius 2 is 2.14 bits per heavy atom. The van der Waals surface area contributed by atoms with Gasteiger partial charge in [-0.1, -0.05) is 6.92 Å². The second-order valence-corrected chi connectivity index (χ2v) is 3.47. The maximum atomic E-state index is 4.53. The minimum Gasteiger partial charge on any atom is -0.284 e. The molecular formula is C11H19N3. The van der Waals surface area contributed by atoms with Gasteiger partial charge in [0.2, 0.25) is 0 Å². The lowest BCUT2D eigenvalue weighted by atomic mass is 10.3. The molecule has 0 atom stereocenters. The zero-order valence-corrected chi connectivity index (χ0v) is 8.95. The Morgan fingerprint density at radius 1 is 1.43 bits per heavy atom. The van der Waals surface area contributed by atoms with Crippen LogP contribution in [0.3, 0.4) is 0 Å². The molecule has 1 heterocycles. The SMILES string of the molecule is C=N/C=C\C(CC)=N/CN1CCCC1. The van der Waals surface area contributed by atoms with Gasteiger partial charge in [0.15, 0.2) is 0 Å². The predicted octanol–water partition coefficient (Wildman–Crippen LogP) is 2.10. The smallest absolute Gasteiger partial charge is 0.0912 e. The van der Waals surface area contributed by atoms with Crippen molar-refractivity contribution in [3.63, 3.8) is 0 Å². The summed E-state index contributed by atoms with van der Waals surface area (Å²) in [7, 11) is 0. The largest absolute Gasteiger partial charge is 0.284 e. The minimum absolute atomic E-state index is 0.838. The lowest BCUT2D eigenvalue weighted by Gasteiger charge is -2.11. The van der Waals surface area contributed by atoms with Gasteiger partial charge < -0.3 is 0 Å². The van der Waals surface area contributed by atoms with Crippen LogP contribution in [0.4, 0.5) is 0 Å². The van der Waals surface area contributed by atoms with E-state index in [1.54, 1.807) is 6.20 Å². The molecule has 0 spiro atoms. The van der Waals surface area contributed by atoms with Crippen molar-refractivity contribution in [1.82, 2.24) is 4.90 Å². The van der Waals surface area contributed by atoms with Crippen molar-refractivity contribution in [3.05, 3.63) is 12.3 Å². The molecule has 0 aliphatic carbocycles. The molecule has 3 heteroatoms.